The highest BCUT2D eigenvalue weighted by Gasteiger charge is 2.14. The Morgan fingerprint density at radius 2 is 2.14 bits per heavy atom. The first kappa shape index (κ1) is 15.0. The third kappa shape index (κ3) is 3.59. The number of amides is 1. The van der Waals surface area contributed by atoms with Crippen molar-refractivity contribution >= 4 is 11.6 Å². The topological polar surface area (TPSA) is 73.9 Å². The van der Waals surface area contributed by atoms with Crippen molar-refractivity contribution in [3.63, 3.8) is 0 Å². The number of benzene rings is 1. The van der Waals surface area contributed by atoms with Crippen LogP contribution in [0.3, 0.4) is 0 Å². The zero-order valence-electron chi connectivity index (χ0n) is 12.9. The normalized spacial score (nSPS) is 10.5. The zero-order chi connectivity index (χ0) is 15.4. The highest BCUT2D eigenvalue weighted by atomic mass is 16.2. The first-order chi connectivity index (χ1) is 10.0. The van der Waals surface area contributed by atoms with Crippen LogP contribution in [0.4, 0.5) is 5.69 Å². The maximum Gasteiger partial charge on any atom is 0.254 e. The average molecular weight is 287 g/mol. The van der Waals surface area contributed by atoms with E-state index in [1.165, 1.54) is 0 Å². The molecule has 112 valence electrons. The second-order valence-electron chi connectivity index (χ2n) is 5.06. The van der Waals surface area contributed by atoms with Gasteiger partial charge in [-0.05, 0) is 44.5 Å². The molecule has 2 N–H and O–H groups in total. The molecule has 6 nitrogen and oxygen atoms in total. The van der Waals surface area contributed by atoms with Crippen molar-refractivity contribution in [3.8, 4) is 0 Å². The van der Waals surface area contributed by atoms with E-state index in [2.05, 4.69) is 20.5 Å². The Labute approximate surface area is 124 Å². The third-order valence-electron chi connectivity index (χ3n) is 3.21. The van der Waals surface area contributed by atoms with E-state index in [9.17, 15) is 4.79 Å². The van der Waals surface area contributed by atoms with Crippen molar-refractivity contribution in [2.24, 2.45) is 0 Å². The van der Waals surface area contributed by atoms with Crippen LogP contribution in [0.1, 0.15) is 34.5 Å². The van der Waals surface area contributed by atoms with E-state index in [0.717, 1.165) is 23.6 Å². The monoisotopic (exact) mass is 287 g/mol. The standard InChI is InChI=1S/C15H21N5O/c1-5-16-13-7-6-12(8-10(13)2)15(21)20(4)9-14-17-11(3)18-19-14/h6-8,16H,5,9H2,1-4H3,(H,17,18,19). The van der Waals surface area contributed by atoms with Gasteiger partial charge in [0, 0.05) is 24.8 Å². The summed E-state index contributed by atoms with van der Waals surface area (Å²) in [5, 5.41) is 10.1. The predicted octanol–water partition coefficient (Wildman–Crippen LogP) is 2.13. The van der Waals surface area contributed by atoms with Crippen molar-refractivity contribution in [2.75, 3.05) is 18.9 Å². The molecular formula is C15H21N5O. The van der Waals surface area contributed by atoms with Gasteiger partial charge in [-0.2, -0.15) is 5.10 Å². The van der Waals surface area contributed by atoms with Gasteiger partial charge in [0.15, 0.2) is 5.82 Å². The molecule has 1 heterocycles. The van der Waals surface area contributed by atoms with Crippen LogP contribution in [0.15, 0.2) is 18.2 Å². The van der Waals surface area contributed by atoms with Crippen molar-refractivity contribution in [3.05, 3.63) is 41.0 Å². The van der Waals surface area contributed by atoms with Crippen molar-refractivity contribution in [1.29, 1.82) is 0 Å². The van der Waals surface area contributed by atoms with Gasteiger partial charge in [0.2, 0.25) is 0 Å². The highest BCUT2D eigenvalue weighted by molar-refractivity contribution is 5.94. The number of aryl methyl sites for hydroxylation is 2. The first-order valence-electron chi connectivity index (χ1n) is 6.99. The molecule has 21 heavy (non-hydrogen) atoms. The number of rotatable bonds is 5. The van der Waals surface area contributed by atoms with Gasteiger partial charge in [0.05, 0.1) is 6.54 Å². The molecule has 0 saturated heterocycles. The SMILES string of the molecule is CCNc1ccc(C(=O)N(C)Cc2n[nH]c(C)n2)cc1C. The van der Waals surface area contributed by atoms with E-state index in [1.54, 1.807) is 11.9 Å². The maximum atomic E-state index is 12.4. The fourth-order valence-corrected chi connectivity index (χ4v) is 2.15. The van der Waals surface area contributed by atoms with E-state index >= 15 is 0 Å². The molecule has 0 fully saturated rings. The maximum absolute atomic E-state index is 12.4. The summed E-state index contributed by atoms with van der Waals surface area (Å²) in [6.45, 7) is 7.12. The summed E-state index contributed by atoms with van der Waals surface area (Å²) < 4.78 is 0. The molecular weight excluding hydrogens is 266 g/mol. The third-order valence-corrected chi connectivity index (χ3v) is 3.21. The van der Waals surface area contributed by atoms with Gasteiger partial charge in [0.1, 0.15) is 5.82 Å². The Morgan fingerprint density at radius 3 is 2.71 bits per heavy atom. The molecule has 1 aromatic carbocycles. The number of H-pyrrole nitrogens is 1. The van der Waals surface area contributed by atoms with Gasteiger partial charge in [-0.25, -0.2) is 4.98 Å². The van der Waals surface area contributed by atoms with Crippen LogP contribution < -0.4 is 5.32 Å². The summed E-state index contributed by atoms with van der Waals surface area (Å²) in [6, 6.07) is 5.68. The van der Waals surface area contributed by atoms with Gasteiger partial charge in [-0.1, -0.05) is 0 Å². The highest BCUT2D eigenvalue weighted by Crippen LogP contribution is 2.17. The number of carbonyl (C=O) groups excluding carboxylic acids is 1. The second kappa shape index (κ2) is 6.39. The molecule has 0 aliphatic heterocycles. The Bertz CT molecular complexity index is 635. The number of anilines is 1. The Morgan fingerprint density at radius 1 is 1.38 bits per heavy atom. The lowest BCUT2D eigenvalue weighted by Crippen LogP contribution is -2.26. The largest absolute Gasteiger partial charge is 0.385 e. The summed E-state index contributed by atoms with van der Waals surface area (Å²) in [5.41, 5.74) is 2.79. The van der Waals surface area contributed by atoms with E-state index < -0.39 is 0 Å². The quantitative estimate of drug-likeness (QED) is 0.883. The average Bonchev–Trinajstić information content (AvgIpc) is 2.85. The van der Waals surface area contributed by atoms with Crippen molar-refractivity contribution < 1.29 is 4.79 Å². The lowest BCUT2D eigenvalue weighted by atomic mass is 10.1. The summed E-state index contributed by atoms with van der Waals surface area (Å²) in [6.07, 6.45) is 0. The Kier molecular flexibility index (Phi) is 4.57. The molecule has 2 aromatic rings. The van der Waals surface area contributed by atoms with Gasteiger partial charge in [-0.15, -0.1) is 0 Å². The summed E-state index contributed by atoms with van der Waals surface area (Å²) in [7, 11) is 1.75. The van der Waals surface area contributed by atoms with Crippen LogP contribution >= 0.6 is 0 Å². The van der Waals surface area contributed by atoms with Gasteiger partial charge < -0.3 is 10.2 Å². The number of hydrogen-bond donors (Lipinski definition) is 2. The second-order valence-corrected chi connectivity index (χ2v) is 5.06. The number of nitrogens with zero attached hydrogens (tertiary/aromatic N) is 3. The smallest absolute Gasteiger partial charge is 0.254 e. The molecule has 0 radical (unpaired) electrons. The summed E-state index contributed by atoms with van der Waals surface area (Å²) in [4.78, 5) is 18.2. The molecule has 0 saturated carbocycles. The van der Waals surface area contributed by atoms with E-state index in [4.69, 9.17) is 0 Å². The van der Waals surface area contributed by atoms with Crippen LogP contribution in [0.5, 0.6) is 0 Å². The van der Waals surface area contributed by atoms with Gasteiger partial charge in [0.25, 0.3) is 5.91 Å². The summed E-state index contributed by atoms with van der Waals surface area (Å²) >= 11 is 0. The molecule has 0 spiro atoms. The van der Waals surface area contributed by atoms with E-state index in [1.807, 2.05) is 39.0 Å². The van der Waals surface area contributed by atoms with Gasteiger partial charge in [-0.3, -0.25) is 9.89 Å². The summed E-state index contributed by atoms with van der Waals surface area (Å²) in [5.74, 6) is 1.32. The van der Waals surface area contributed by atoms with E-state index in [-0.39, 0.29) is 5.91 Å². The van der Waals surface area contributed by atoms with Crippen LogP contribution in [0.25, 0.3) is 0 Å². The minimum absolute atomic E-state index is 0.0383. The van der Waals surface area contributed by atoms with E-state index in [0.29, 0.717) is 17.9 Å². The number of nitrogens with one attached hydrogen (secondary N) is 2. The van der Waals surface area contributed by atoms with Crippen LogP contribution in [-0.2, 0) is 6.54 Å². The van der Waals surface area contributed by atoms with Crippen molar-refractivity contribution in [2.45, 2.75) is 27.3 Å². The molecule has 2 rings (SSSR count). The van der Waals surface area contributed by atoms with Crippen LogP contribution in [0.2, 0.25) is 0 Å². The Hall–Kier alpha value is -2.37. The predicted molar refractivity (Wildman–Crippen MR) is 82.3 cm³/mol. The lowest BCUT2D eigenvalue weighted by molar-refractivity contribution is 0.0781. The van der Waals surface area contributed by atoms with Crippen LogP contribution in [-0.4, -0.2) is 39.6 Å². The van der Waals surface area contributed by atoms with Crippen molar-refractivity contribution in [1.82, 2.24) is 20.1 Å². The van der Waals surface area contributed by atoms with Crippen LogP contribution in [0, 0.1) is 13.8 Å². The molecule has 0 unspecified atom stereocenters. The minimum Gasteiger partial charge on any atom is -0.385 e. The minimum atomic E-state index is -0.0383. The fraction of sp³-hybridized carbons (Fsp3) is 0.400. The molecule has 6 heteroatoms. The number of hydrogen-bond acceptors (Lipinski definition) is 4. The first-order valence-corrected chi connectivity index (χ1v) is 6.99. The number of aromatic amines is 1. The number of aromatic nitrogens is 3. The Balaban J connectivity index is 2.10. The molecule has 0 atom stereocenters. The fourth-order valence-electron chi connectivity index (χ4n) is 2.15. The molecule has 1 aromatic heterocycles. The molecule has 0 aliphatic carbocycles. The van der Waals surface area contributed by atoms with Gasteiger partial charge >= 0.3 is 0 Å². The molecule has 1 amide bonds. The lowest BCUT2D eigenvalue weighted by Gasteiger charge is -2.16. The molecule has 0 bridgehead atoms. The molecule has 0 aliphatic rings. The number of carbonyl (C=O) groups is 1. The zero-order valence-corrected chi connectivity index (χ0v) is 12.9.